The quantitative estimate of drug-likeness (QED) is 0.752. The molecule has 3 aromatic rings. The summed E-state index contributed by atoms with van der Waals surface area (Å²) in [5, 5.41) is 2.94. The minimum absolute atomic E-state index is 0.173. The minimum Gasteiger partial charge on any atom is -0.348 e. The molecule has 2 atom stereocenters. The summed E-state index contributed by atoms with van der Waals surface area (Å²) >= 11 is 0. The van der Waals surface area contributed by atoms with Gasteiger partial charge in [0.05, 0.1) is 12.4 Å². The third kappa shape index (κ3) is 2.83. The lowest BCUT2D eigenvalue weighted by Gasteiger charge is -2.19. The Morgan fingerprint density at radius 3 is 2.38 bits per heavy atom. The molecule has 2 aromatic heterocycles. The van der Waals surface area contributed by atoms with Crippen molar-refractivity contribution in [3.05, 3.63) is 63.1 Å². The highest BCUT2D eigenvalue weighted by Crippen LogP contribution is 2.16. The van der Waals surface area contributed by atoms with E-state index in [4.69, 9.17) is 0 Å². The lowest BCUT2D eigenvalue weighted by atomic mass is 10.1. The molecule has 2 heterocycles. The number of carbonyl (C=O) groups is 1. The Morgan fingerprint density at radius 2 is 1.73 bits per heavy atom. The van der Waals surface area contributed by atoms with Crippen molar-refractivity contribution in [3.8, 4) is 0 Å². The van der Waals surface area contributed by atoms with Gasteiger partial charge in [-0.2, -0.15) is 0 Å². The van der Waals surface area contributed by atoms with E-state index in [-0.39, 0.29) is 23.1 Å². The zero-order chi connectivity index (χ0) is 19.0. The molecule has 8 nitrogen and oxygen atoms in total. The van der Waals surface area contributed by atoms with E-state index in [0.29, 0.717) is 0 Å². The molecule has 0 aliphatic carbocycles. The molecule has 0 bridgehead atoms. The van der Waals surface area contributed by atoms with Gasteiger partial charge in [-0.3, -0.25) is 18.7 Å². The summed E-state index contributed by atoms with van der Waals surface area (Å²) in [6.45, 7) is 3.59. The molecule has 0 aliphatic heterocycles. The zero-order valence-electron chi connectivity index (χ0n) is 15.1. The van der Waals surface area contributed by atoms with Gasteiger partial charge in [-0.15, -0.1) is 0 Å². The first-order chi connectivity index (χ1) is 12.3. The molecule has 0 saturated carbocycles. The van der Waals surface area contributed by atoms with Gasteiger partial charge in [0, 0.05) is 14.1 Å². The maximum atomic E-state index is 12.7. The average molecular weight is 355 g/mol. The third-order valence-electron chi connectivity index (χ3n) is 4.63. The largest absolute Gasteiger partial charge is 0.348 e. The van der Waals surface area contributed by atoms with Crippen LogP contribution in [0.2, 0.25) is 0 Å². The number of rotatable bonds is 4. The maximum Gasteiger partial charge on any atom is 0.332 e. The minimum atomic E-state index is -0.656. The molecule has 136 valence electrons. The van der Waals surface area contributed by atoms with E-state index >= 15 is 0 Å². The van der Waals surface area contributed by atoms with E-state index in [0.717, 1.165) is 10.1 Å². The van der Waals surface area contributed by atoms with Crippen molar-refractivity contribution >= 4 is 17.1 Å². The van der Waals surface area contributed by atoms with Gasteiger partial charge < -0.3 is 9.88 Å². The van der Waals surface area contributed by atoms with Crippen LogP contribution < -0.4 is 16.6 Å². The van der Waals surface area contributed by atoms with Crippen LogP contribution in [-0.2, 0) is 18.9 Å². The van der Waals surface area contributed by atoms with Crippen molar-refractivity contribution in [2.24, 2.45) is 14.1 Å². The normalized spacial score (nSPS) is 13.5. The zero-order valence-corrected chi connectivity index (χ0v) is 15.1. The van der Waals surface area contributed by atoms with Gasteiger partial charge in [-0.1, -0.05) is 30.3 Å². The molecule has 0 aliphatic rings. The van der Waals surface area contributed by atoms with Gasteiger partial charge >= 0.3 is 5.69 Å². The third-order valence-corrected chi connectivity index (χ3v) is 4.63. The van der Waals surface area contributed by atoms with Crippen LogP contribution in [0.1, 0.15) is 31.5 Å². The SMILES string of the molecule is C[C@H](NC(=O)[C@H](C)n1cnc2c1c(=O)n(C)c(=O)n2C)c1ccccc1. The predicted octanol–water partition coefficient (Wildman–Crippen LogP) is 0.872. The van der Waals surface area contributed by atoms with Crippen LogP contribution in [0.25, 0.3) is 11.2 Å². The van der Waals surface area contributed by atoms with Crippen molar-refractivity contribution in [1.82, 2.24) is 24.0 Å². The average Bonchev–Trinajstić information content (AvgIpc) is 3.09. The van der Waals surface area contributed by atoms with Gasteiger partial charge in [0.15, 0.2) is 11.2 Å². The monoisotopic (exact) mass is 355 g/mol. The van der Waals surface area contributed by atoms with Crippen molar-refractivity contribution in [1.29, 1.82) is 0 Å². The van der Waals surface area contributed by atoms with Crippen LogP contribution >= 0.6 is 0 Å². The summed E-state index contributed by atoms with van der Waals surface area (Å²) in [5.74, 6) is -0.239. The van der Waals surface area contributed by atoms with Gasteiger partial charge in [0.1, 0.15) is 6.04 Å². The number of hydrogen-bond acceptors (Lipinski definition) is 4. The second-order valence-corrected chi connectivity index (χ2v) is 6.35. The second-order valence-electron chi connectivity index (χ2n) is 6.35. The molecule has 0 saturated heterocycles. The van der Waals surface area contributed by atoms with Crippen LogP contribution in [0.15, 0.2) is 46.2 Å². The Kier molecular flexibility index (Phi) is 4.50. The fraction of sp³-hybridized carbons (Fsp3) is 0.333. The number of nitrogens with one attached hydrogen (secondary N) is 1. The summed E-state index contributed by atoms with van der Waals surface area (Å²) < 4.78 is 3.81. The Labute approximate surface area is 149 Å². The smallest absolute Gasteiger partial charge is 0.332 e. The van der Waals surface area contributed by atoms with Gasteiger partial charge in [0.2, 0.25) is 5.91 Å². The first kappa shape index (κ1) is 17.7. The highest BCUT2D eigenvalue weighted by molar-refractivity contribution is 5.82. The molecule has 1 aromatic carbocycles. The molecule has 1 amide bonds. The number of fused-ring (bicyclic) bond motifs is 1. The molecule has 0 spiro atoms. The van der Waals surface area contributed by atoms with E-state index in [1.807, 2.05) is 37.3 Å². The van der Waals surface area contributed by atoms with E-state index in [1.54, 1.807) is 14.0 Å². The molecular weight excluding hydrogens is 334 g/mol. The molecule has 0 radical (unpaired) electrons. The molecule has 0 fully saturated rings. The van der Waals surface area contributed by atoms with Gasteiger partial charge in [-0.05, 0) is 19.4 Å². The highest BCUT2D eigenvalue weighted by atomic mass is 16.2. The Hall–Kier alpha value is -3.16. The summed E-state index contributed by atoms with van der Waals surface area (Å²) in [6.07, 6.45) is 1.42. The van der Waals surface area contributed by atoms with Crippen molar-refractivity contribution < 1.29 is 4.79 Å². The summed E-state index contributed by atoms with van der Waals surface area (Å²) in [4.78, 5) is 41.4. The summed E-state index contributed by atoms with van der Waals surface area (Å²) in [7, 11) is 2.95. The van der Waals surface area contributed by atoms with Crippen LogP contribution in [0.4, 0.5) is 0 Å². The number of amides is 1. The molecule has 1 N–H and O–H groups in total. The van der Waals surface area contributed by atoms with Crippen LogP contribution in [0.5, 0.6) is 0 Å². The molecular formula is C18H21N5O3. The second kappa shape index (κ2) is 6.62. The highest BCUT2D eigenvalue weighted by Gasteiger charge is 2.23. The number of nitrogens with zero attached hydrogens (tertiary/aromatic N) is 4. The lowest BCUT2D eigenvalue weighted by Crippen LogP contribution is -2.39. The van der Waals surface area contributed by atoms with Crippen molar-refractivity contribution in [2.75, 3.05) is 0 Å². The fourth-order valence-corrected chi connectivity index (χ4v) is 2.94. The summed E-state index contributed by atoms with van der Waals surface area (Å²) in [5.41, 5.74) is 0.541. The lowest BCUT2D eigenvalue weighted by molar-refractivity contribution is -0.124. The van der Waals surface area contributed by atoms with Gasteiger partial charge in [0.25, 0.3) is 5.56 Å². The van der Waals surface area contributed by atoms with E-state index in [9.17, 15) is 14.4 Å². The number of aromatic nitrogens is 4. The standard InChI is InChI=1S/C18H21N5O3/c1-11(13-8-6-5-7-9-13)20-16(24)12(2)23-10-19-15-14(23)17(25)22(4)18(26)21(15)3/h5-12H,1-4H3,(H,20,24)/t11-,12-/m0/s1. The first-order valence-corrected chi connectivity index (χ1v) is 8.30. The van der Waals surface area contributed by atoms with E-state index < -0.39 is 17.3 Å². The fourth-order valence-electron chi connectivity index (χ4n) is 2.94. The van der Waals surface area contributed by atoms with Crippen LogP contribution in [0, 0.1) is 0 Å². The Morgan fingerprint density at radius 1 is 1.08 bits per heavy atom. The molecule has 26 heavy (non-hydrogen) atoms. The van der Waals surface area contributed by atoms with Crippen LogP contribution in [0.3, 0.4) is 0 Å². The first-order valence-electron chi connectivity index (χ1n) is 8.30. The number of imidazole rings is 1. The molecule has 0 unspecified atom stereocenters. The number of hydrogen-bond donors (Lipinski definition) is 1. The Balaban J connectivity index is 1.95. The number of aryl methyl sites for hydroxylation is 1. The number of benzene rings is 1. The molecule has 3 rings (SSSR count). The predicted molar refractivity (Wildman–Crippen MR) is 97.9 cm³/mol. The van der Waals surface area contributed by atoms with E-state index in [2.05, 4.69) is 10.3 Å². The van der Waals surface area contributed by atoms with Crippen molar-refractivity contribution in [2.45, 2.75) is 25.9 Å². The molecule has 8 heteroatoms. The van der Waals surface area contributed by atoms with Crippen LogP contribution in [-0.4, -0.2) is 24.6 Å². The van der Waals surface area contributed by atoms with Crippen molar-refractivity contribution in [3.63, 3.8) is 0 Å². The maximum absolute atomic E-state index is 12.7. The Bertz CT molecular complexity index is 1080. The summed E-state index contributed by atoms with van der Waals surface area (Å²) in [6, 6.07) is 8.79. The number of carbonyl (C=O) groups excluding carboxylic acids is 1. The topological polar surface area (TPSA) is 90.9 Å². The van der Waals surface area contributed by atoms with E-state index in [1.165, 1.54) is 22.5 Å². The van der Waals surface area contributed by atoms with Gasteiger partial charge in [-0.25, -0.2) is 9.78 Å².